The van der Waals surface area contributed by atoms with Crippen molar-refractivity contribution in [1.82, 2.24) is 5.32 Å². The molecule has 0 saturated carbocycles. The first-order valence-electron chi connectivity index (χ1n) is 5.21. The molecule has 0 unspecified atom stereocenters. The third-order valence-corrected chi connectivity index (χ3v) is 3.46. The van der Waals surface area contributed by atoms with E-state index in [9.17, 15) is 0 Å². The van der Waals surface area contributed by atoms with E-state index in [1.807, 2.05) is 36.7 Å². The highest BCUT2D eigenvalue weighted by atomic mass is 32.2. The molecular weight excluding hydrogens is 250 g/mol. The van der Waals surface area contributed by atoms with Gasteiger partial charge in [-0.15, -0.1) is 11.8 Å². The van der Waals surface area contributed by atoms with Crippen molar-refractivity contribution < 1.29 is 0 Å². The Kier molecular flexibility index (Phi) is 5.95. The van der Waals surface area contributed by atoms with Crippen molar-refractivity contribution >= 4 is 34.4 Å². The Labute approximate surface area is 111 Å². The van der Waals surface area contributed by atoms with Crippen molar-refractivity contribution in [3.8, 4) is 6.19 Å². The molecular formula is C12H15N3S2. The maximum atomic E-state index is 8.60. The fourth-order valence-corrected chi connectivity index (χ4v) is 2.42. The summed E-state index contributed by atoms with van der Waals surface area (Å²) >= 11 is 3.19. The predicted octanol–water partition coefficient (Wildman–Crippen LogP) is 3.61. The van der Waals surface area contributed by atoms with Gasteiger partial charge in [0.2, 0.25) is 0 Å². The minimum atomic E-state index is 0.507. The Bertz CT molecular complexity index is 436. The molecule has 90 valence electrons. The lowest BCUT2D eigenvalue weighted by molar-refractivity contribution is 1.11. The fourth-order valence-electron chi connectivity index (χ4n) is 1.18. The van der Waals surface area contributed by atoms with Gasteiger partial charge in [0.1, 0.15) is 0 Å². The van der Waals surface area contributed by atoms with E-state index in [-0.39, 0.29) is 0 Å². The van der Waals surface area contributed by atoms with Crippen molar-refractivity contribution in [3.05, 3.63) is 24.3 Å². The maximum Gasteiger partial charge on any atom is 0.183 e. The molecule has 0 heterocycles. The van der Waals surface area contributed by atoms with Crippen molar-refractivity contribution in [2.24, 2.45) is 4.99 Å². The largest absolute Gasteiger partial charge is 0.271 e. The van der Waals surface area contributed by atoms with E-state index in [4.69, 9.17) is 5.26 Å². The average Bonchev–Trinajstić information content (AvgIpc) is 2.30. The Morgan fingerprint density at radius 3 is 2.71 bits per heavy atom. The van der Waals surface area contributed by atoms with E-state index < -0.39 is 0 Å². The van der Waals surface area contributed by atoms with Gasteiger partial charge in [0, 0.05) is 10.1 Å². The predicted molar refractivity (Wildman–Crippen MR) is 76.8 cm³/mol. The van der Waals surface area contributed by atoms with Crippen LogP contribution in [0.1, 0.15) is 13.8 Å². The lowest BCUT2D eigenvalue weighted by atomic mass is 10.3. The molecule has 3 nitrogen and oxygen atoms in total. The van der Waals surface area contributed by atoms with Crippen LogP contribution in [0.3, 0.4) is 0 Å². The summed E-state index contributed by atoms with van der Waals surface area (Å²) in [5, 5.41) is 12.3. The molecule has 17 heavy (non-hydrogen) atoms. The van der Waals surface area contributed by atoms with E-state index in [1.165, 1.54) is 11.8 Å². The van der Waals surface area contributed by atoms with Gasteiger partial charge >= 0.3 is 0 Å². The summed E-state index contributed by atoms with van der Waals surface area (Å²) in [5.41, 5.74) is 0.901. The molecule has 0 atom stereocenters. The third-order valence-electron chi connectivity index (χ3n) is 1.81. The fraction of sp³-hybridized carbons (Fsp3) is 0.333. The molecule has 0 aliphatic heterocycles. The maximum absolute atomic E-state index is 8.60. The molecule has 0 radical (unpaired) electrons. The van der Waals surface area contributed by atoms with E-state index in [1.54, 1.807) is 11.8 Å². The second-order valence-electron chi connectivity index (χ2n) is 3.49. The van der Waals surface area contributed by atoms with Crippen LogP contribution in [0.4, 0.5) is 5.69 Å². The zero-order valence-electron chi connectivity index (χ0n) is 10.1. The van der Waals surface area contributed by atoms with E-state index >= 15 is 0 Å². The van der Waals surface area contributed by atoms with Crippen LogP contribution in [-0.4, -0.2) is 16.7 Å². The van der Waals surface area contributed by atoms with Gasteiger partial charge in [-0.1, -0.05) is 37.7 Å². The first-order chi connectivity index (χ1) is 8.17. The number of nitriles is 1. The first-order valence-corrected chi connectivity index (χ1v) is 7.31. The Morgan fingerprint density at radius 2 is 2.12 bits per heavy atom. The third kappa shape index (κ3) is 4.72. The van der Waals surface area contributed by atoms with Gasteiger partial charge in [0.05, 0.1) is 5.69 Å². The van der Waals surface area contributed by atoms with E-state index in [0.717, 1.165) is 10.6 Å². The zero-order chi connectivity index (χ0) is 12.7. The standard InChI is InChI=1S/C12H15N3S2/c1-9(2)17-11-7-5-4-6-10(11)15-12(16-3)14-8-13/h4-7,9H,1-3H3,(H,14,15). The number of rotatable bonds is 3. The van der Waals surface area contributed by atoms with Gasteiger partial charge in [-0.25, -0.2) is 4.99 Å². The van der Waals surface area contributed by atoms with E-state index in [0.29, 0.717) is 10.4 Å². The van der Waals surface area contributed by atoms with Crippen molar-refractivity contribution in [2.75, 3.05) is 6.26 Å². The Balaban J connectivity index is 3.00. The highest BCUT2D eigenvalue weighted by Crippen LogP contribution is 2.32. The number of hydrogen-bond acceptors (Lipinski definition) is 4. The summed E-state index contributed by atoms with van der Waals surface area (Å²) in [6.45, 7) is 4.29. The summed E-state index contributed by atoms with van der Waals surface area (Å²) < 4.78 is 0. The number of para-hydroxylation sites is 1. The Hall–Kier alpha value is -1.12. The van der Waals surface area contributed by atoms with Gasteiger partial charge in [-0.2, -0.15) is 5.26 Å². The quantitative estimate of drug-likeness (QED) is 0.298. The Morgan fingerprint density at radius 1 is 1.41 bits per heavy atom. The van der Waals surface area contributed by atoms with Crippen LogP contribution in [-0.2, 0) is 0 Å². The number of thioether (sulfide) groups is 2. The molecule has 0 amide bonds. The van der Waals surface area contributed by atoms with Gasteiger partial charge < -0.3 is 0 Å². The summed E-state index contributed by atoms with van der Waals surface area (Å²) in [6.07, 6.45) is 3.78. The SMILES string of the molecule is CSC(=Nc1ccccc1SC(C)C)NC#N. The lowest BCUT2D eigenvalue weighted by Crippen LogP contribution is -2.12. The molecule has 0 aromatic heterocycles. The number of nitrogens with zero attached hydrogens (tertiary/aromatic N) is 2. The summed E-state index contributed by atoms with van der Waals surface area (Å²) in [7, 11) is 0. The zero-order valence-corrected chi connectivity index (χ0v) is 11.7. The highest BCUT2D eigenvalue weighted by Gasteiger charge is 2.05. The van der Waals surface area contributed by atoms with Crippen LogP contribution in [0, 0.1) is 11.5 Å². The van der Waals surface area contributed by atoms with Crippen LogP contribution in [0.25, 0.3) is 0 Å². The van der Waals surface area contributed by atoms with Gasteiger partial charge in [-0.3, -0.25) is 5.32 Å². The van der Waals surface area contributed by atoms with Crippen molar-refractivity contribution in [2.45, 2.75) is 24.0 Å². The highest BCUT2D eigenvalue weighted by molar-refractivity contribution is 8.13. The van der Waals surface area contributed by atoms with Crippen LogP contribution >= 0.6 is 23.5 Å². The molecule has 1 aromatic carbocycles. The molecule has 0 fully saturated rings. The number of aliphatic imine (C=N–C) groups is 1. The first kappa shape index (κ1) is 13.9. The van der Waals surface area contributed by atoms with Crippen LogP contribution in [0.5, 0.6) is 0 Å². The lowest BCUT2D eigenvalue weighted by Gasteiger charge is -2.08. The summed E-state index contributed by atoms with van der Waals surface area (Å²) in [5.74, 6) is 0. The monoisotopic (exact) mass is 265 g/mol. The molecule has 0 aliphatic rings. The summed E-state index contributed by atoms with van der Waals surface area (Å²) in [6, 6.07) is 7.96. The van der Waals surface area contributed by atoms with Gasteiger partial charge in [0.15, 0.2) is 11.4 Å². The number of amidine groups is 1. The molecule has 5 heteroatoms. The normalized spacial score (nSPS) is 11.4. The minimum Gasteiger partial charge on any atom is -0.271 e. The molecule has 0 spiro atoms. The second-order valence-corrected chi connectivity index (χ2v) is 5.91. The van der Waals surface area contributed by atoms with Crippen LogP contribution in [0.2, 0.25) is 0 Å². The van der Waals surface area contributed by atoms with Crippen molar-refractivity contribution in [3.63, 3.8) is 0 Å². The van der Waals surface area contributed by atoms with Gasteiger partial charge in [-0.05, 0) is 18.4 Å². The molecule has 0 bridgehead atoms. The van der Waals surface area contributed by atoms with Crippen LogP contribution in [0.15, 0.2) is 34.2 Å². The number of nitrogens with one attached hydrogen (secondary N) is 1. The number of benzene rings is 1. The molecule has 0 aliphatic carbocycles. The minimum absolute atomic E-state index is 0.507. The van der Waals surface area contributed by atoms with Crippen LogP contribution < -0.4 is 5.32 Å². The number of hydrogen-bond donors (Lipinski definition) is 1. The van der Waals surface area contributed by atoms with Gasteiger partial charge in [0.25, 0.3) is 0 Å². The van der Waals surface area contributed by atoms with Crippen molar-refractivity contribution in [1.29, 1.82) is 5.26 Å². The second kappa shape index (κ2) is 7.25. The smallest absolute Gasteiger partial charge is 0.183 e. The molecule has 0 saturated heterocycles. The topological polar surface area (TPSA) is 48.2 Å². The average molecular weight is 265 g/mol. The molecule has 1 aromatic rings. The summed E-state index contributed by atoms with van der Waals surface area (Å²) in [4.78, 5) is 5.58. The molecule has 1 N–H and O–H groups in total. The molecule has 1 rings (SSSR count). The van der Waals surface area contributed by atoms with E-state index in [2.05, 4.69) is 24.2 Å².